The van der Waals surface area contributed by atoms with Gasteiger partial charge in [0.05, 0.1) is 12.4 Å². The zero-order valence-electron chi connectivity index (χ0n) is 16.5. The number of sulfonamides is 1. The van der Waals surface area contributed by atoms with Gasteiger partial charge in [0.1, 0.15) is 0 Å². The number of hydrogen-bond acceptors (Lipinski definition) is 5. The Kier molecular flexibility index (Phi) is 6.89. The first-order valence-corrected chi connectivity index (χ1v) is 11.5. The van der Waals surface area contributed by atoms with E-state index < -0.39 is 10.0 Å². The van der Waals surface area contributed by atoms with E-state index in [1.54, 1.807) is 18.2 Å². The first-order chi connectivity index (χ1) is 13.8. The third-order valence-electron chi connectivity index (χ3n) is 4.87. The third-order valence-corrected chi connectivity index (χ3v) is 5.47. The monoisotopic (exact) mass is 417 g/mol. The number of amides is 1. The van der Waals surface area contributed by atoms with E-state index in [1.807, 2.05) is 12.1 Å². The highest BCUT2D eigenvalue weighted by Gasteiger charge is 2.16. The van der Waals surface area contributed by atoms with Crippen LogP contribution in [0.15, 0.2) is 48.5 Å². The number of nitrogens with one attached hydrogen (secondary N) is 2. The summed E-state index contributed by atoms with van der Waals surface area (Å²) in [5.74, 6) is -0.266. The van der Waals surface area contributed by atoms with Crippen LogP contribution >= 0.6 is 0 Å². The summed E-state index contributed by atoms with van der Waals surface area (Å²) in [7, 11) is -3.39. The van der Waals surface area contributed by atoms with Gasteiger partial charge in [-0.2, -0.15) is 0 Å². The molecule has 1 heterocycles. The number of aliphatic hydroxyl groups excluding tert-OH is 1. The van der Waals surface area contributed by atoms with Crippen molar-refractivity contribution in [2.24, 2.45) is 0 Å². The van der Waals surface area contributed by atoms with Gasteiger partial charge >= 0.3 is 0 Å². The van der Waals surface area contributed by atoms with Crippen molar-refractivity contribution in [1.29, 1.82) is 0 Å². The summed E-state index contributed by atoms with van der Waals surface area (Å²) in [4.78, 5) is 14.7. The van der Waals surface area contributed by atoms with Crippen molar-refractivity contribution in [2.75, 3.05) is 24.1 Å². The molecule has 2 aromatic carbocycles. The number of aliphatic hydroxyl groups is 1. The van der Waals surface area contributed by atoms with Gasteiger partial charge in [0, 0.05) is 37.4 Å². The Morgan fingerprint density at radius 2 is 1.76 bits per heavy atom. The Balaban J connectivity index is 1.52. The molecule has 2 aromatic rings. The highest BCUT2D eigenvalue weighted by Crippen LogP contribution is 2.15. The zero-order chi connectivity index (χ0) is 20.9. The number of carbonyl (C=O) groups excluding carboxylic acids is 1. The number of nitrogens with zero attached hydrogens (tertiary/aromatic N) is 1. The Bertz CT molecular complexity index is 937. The first kappa shape index (κ1) is 21.3. The molecule has 1 amide bonds. The Morgan fingerprint density at radius 3 is 2.41 bits per heavy atom. The molecular weight excluding hydrogens is 390 g/mol. The first-order valence-electron chi connectivity index (χ1n) is 9.63. The normalized spacial score (nSPS) is 15.8. The van der Waals surface area contributed by atoms with Crippen LogP contribution in [0.5, 0.6) is 0 Å². The number of anilines is 1. The maximum atomic E-state index is 12.4. The molecule has 1 aliphatic heterocycles. The molecular formula is C21H27N3O4S. The lowest BCUT2D eigenvalue weighted by atomic mass is 10.1. The largest absolute Gasteiger partial charge is 0.393 e. The van der Waals surface area contributed by atoms with E-state index in [0.29, 0.717) is 17.8 Å². The average molecular weight is 418 g/mol. The van der Waals surface area contributed by atoms with Crippen molar-refractivity contribution < 1.29 is 18.3 Å². The van der Waals surface area contributed by atoms with Gasteiger partial charge in [0.25, 0.3) is 5.91 Å². The van der Waals surface area contributed by atoms with Crippen molar-refractivity contribution in [3.05, 3.63) is 65.2 Å². The van der Waals surface area contributed by atoms with Gasteiger partial charge in [-0.05, 0) is 42.2 Å². The minimum absolute atomic E-state index is 0.167. The molecule has 0 aliphatic carbocycles. The van der Waals surface area contributed by atoms with E-state index in [0.717, 1.165) is 44.3 Å². The van der Waals surface area contributed by atoms with E-state index in [9.17, 15) is 18.3 Å². The Labute approximate surface area is 171 Å². The topological polar surface area (TPSA) is 98.7 Å². The molecule has 3 N–H and O–H groups in total. The lowest BCUT2D eigenvalue weighted by Gasteiger charge is -2.29. The summed E-state index contributed by atoms with van der Waals surface area (Å²) in [6.07, 6.45) is 2.55. The molecule has 0 saturated carbocycles. The summed E-state index contributed by atoms with van der Waals surface area (Å²) >= 11 is 0. The van der Waals surface area contributed by atoms with Crippen LogP contribution < -0.4 is 10.0 Å². The highest BCUT2D eigenvalue weighted by atomic mass is 32.2. The second-order valence-corrected chi connectivity index (χ2v) is 9.21. The van der Waals surface area contributed by atoms with Crippen LogP contribution in [0.4, 0.5) is 5.69 Å². The number of likely N-dealkylation sites (tertiary alicyclic amines) is 1. The molecule has 0 aromatic heterocycles. The van der Waals surface area contributed by atoms with E-state index >= 15 is 0 Å². The maximum Gasteiger partial charge on any atom is 0.251 e. The SMILES string of the molecule is CS(=O)(=O)Nc1cccc(C(=O)NCc2ccc(CN3CCC(O)CC3)cc2)c1. The molecule has 7 nitrogen and oxygen atoms in total. The summed E-state index contributed by atoms with van der Waals surface area (Å²) in [6, 6.07) is 14.5. The fraction of sp³-hybridized carbons (Fsp3) is 0.381. The van der Waals surface area contributed by atoms with Gasteiger partial charge in [0.2, 0.25) is 10.0 Å². The molecule has 8 heteroatoms. The van der Waals surface area contributed by atoms with E-state index in [-0.39, 0.29) is 12.0 Å². The van der Waals surface area contributed by atoms with E-state index in [1.165, 1.54) is 11.6 Å². The van der Waals surface area contributed by atoms with Crippen LogP contribution in [0, 0.1) is 0 Å². The minimum Gasteiger partial charge on any atom is -0.393 e. The van der Waals surface area contributed by atoms with Crippen molar-refractivity contribution in [2.45, 2.75) is 32.0 Å². The van der Waals surface area contributed by atoms with Gasteiger partial charge in [-0.15, -0.1) is 0 Å². The van der Waals surface area contributed by atoms with Crippen molar-refractivity contribution in [1.82, 2.24) is 10.2 Å². The van der Waals surface area contributed by atoms with Crippen molar-refractivity contribution in [3.63, 3.8) is 0 Å². The number of piperidine rings is 1. The van der Waals surface area contributed by atoms with Crippen LogP contribution in [0.1, 0.15) is 34.3 Å². The summed E-state index contributed by atoms with van der Waals surface area (Å²) in [5.41, 5.74) is 2.94. The standard InChI is InChI=1S/C21H27N3O4S/c1-29(27,28)23-19-4-2-3-18(13-19)21(26)22-14-16-5-7-17(8-6-16)15-24-11-9-20(25)10-12-24/h2-8,13,20,23,25H,9-12,14-15H2,1H3,(H,22,26). The quantitative estimate of drug-likeness (QED) is 0.640. The van der Waals surface area contributed by atoms with Gasteiger partial charge in [-0.25, -0.2) is 8.42 Å². The number of carbonyl (C=O) groups is 1. The molecule has 156 valence electrons. The highest BCUT2D eigenvalue weighted by molar-refractivity contribution is 7.92. The molecule has 1 aliphatic rings. The van der Waals surface area contributed by atoms with Gasteiger partial charge < -0.3 is 10.4 Å². The van der Waals surface area contributed by atoms with Crippen LogP contribution in [-0.2, 0) is 23.1 Å². The van der Waals surface area contributed by atoms with E-state index in [4.69, 9.17) is 0 Å². The molecule has 0 spiro atoms. The maximum absolute atomic E-state index is 12.4. The molecule has 0 atom stereocenters. The molecule has 0 radical (unpaired) electrons. The molecule has 1 saturated heterocycles. The number of hydrogen-bond donors (Lipinski definition) is 3. The molecule has 1 fully saturated rings. The predicted octanol–water partition coefficient (Wildman–Crippen LogP) is 1.94. The van der Waals surface area contributed by atoms with Gasteiger partial charge in [-0.1, -0.05) is 30.3 Å². The Morgan fingerprint density at radius 1 is 1.10 bits per heavy atom. The summed E-state index contributed by atoms with van der Waals surface area (Å²) in [6.45, 7) is 3.07. The van der Waals surface area contributed by atoms with Gasteiger partial charge in [0.15, 0.2) is 0 Å². The molecule has 3 rings (SSSR count). The molecule has 0 bridgehead atoms. The lowest BCUT2D eigenvalue weighted by Crippen LogP contribution is -2.35. The third kappa shape index (κ3) is 6.85. The zero-order valence-corrected chi connectivity index (χ0v) is 17.3. The number of rotatable bonds is 7. The van der Waals surface area contributed by atoms with Crippen LogP contribution in [0.2, 0.25) is 0 Å². The summed E-state index contributed by atoms with van der Waals surface area (Å²) < 4.78 is 25.0. The fourth-order valence-corrected chi connectivity index (χ4v) is 3.88. The minimum atomic E-state index is -3.39. The van der Waals surface area contributed by atoms with Gasteiger partial charge in [-0.3, -0.25) is 14.4 Å². The fourth-order valence-electron chi connectivity index (χ4n) is 3.32. The predicted molar refractivity (Wildman–Crippen MR) is 113 cm³/mol. The molecule has 0 unspecified atom stereocenters. The van der Waals surface area contributed by atoms with Crippen LogP contribution in [0.25, 0.3) is 0 Å². The average Bonchev–Trinajstić information content (AvgIpc) is 2.68. The van der Waals surface area contributed by atoms with Crippen LogP contribution in [0.3, 0.4) is 0 Å². The van der Waals surface area contributed by atoms with Crippen LogP contribution in [-0.4, -0.2) is 49.8 Å². The molecule has 29 heavy (non-hydrogen) atoms. The second kappa shape index (κ2) is 9.39. The second-order valence-electron chi connectivity index (χ2n) is 7.46. The lowest BCUT2D eigenvalue weighted by molar-refractivity contribution is 0.0792. The van der Waals surface area contributed by atoms with Crippen molar-refractivity contribution in [3.8, 4) is 0 Å². The smallest absolute Gasteiger partial charge is 0.251 e. The summed E-state index contributed by atoms with van der Waals surface area (Å²) in [5, 5.41) is 12.4. The number of benzene rings is 2. The van der Waals surface area contributed by atoms with E-state index in [2.05, 4.69) is 27.1 Å². The Hall–Kier alpha value is -2.42. The van der Waals surface area contributed by atoms with Crippen molar-refractivity contribution >= 4 is 21.6 Å².